The predicted molar refractivity (Wildman–Crippen MR) is 93.4 cm³/mol. The predicted octanol–water partition coefficient (Wildman–Crippen LogP) is 4.03. The van der Waals surface area contributed by atoms with E-state index in [0.29, 0.717) is 12.8 Å². The van der Waals surface area contributed by atoms with Crippen LogP contribution in [0, 0.1) is 0 Å². The lowest BCUT2D eigenvalue weighted by Crippen LogP contribution is -2.01. The van der Waals surface area contributed by atoms with E-state index in [-0.39, 0.29) is 12.8 Å². The minimum absolute atomic E-state index is 0.0719. The van der Waals surface area contributed by atoms with E-state index in [1.54, 1.807) is 0 Å². The third-order valence-electron chi connectivity index (χ3n) is 4.30. The van der Waals surface area contributed by atoms with Crippen molar-refractivity contribution in [3.8, 4) is 0 Å². The Morgan fingerprint density at radius 3 is 2.17 bits per heavy atom. The second-order valence-electron chi connectivity index (χ2n) is 5.88. The minimum atomic E-state index is -0.821. The van der Waals surface area contributed by atoms with Crippen LogP contribution in [-0.2, 0) is 22.4 Å². The molecule has 0 aliphatic heterocycles. The van der Waals surface area contributed by atoms with Crippen LogP contribution in [0.2, 0.25) is 0 Å². The average Bonchev–Trinajstić information content (AvgIpc) is 2.56. The molecule has 0 heterocycles. The topological polar surface area (TPSA) is 74.6 Å². The standard InChI is InChI=1S/C20H18O4/c21-19(22)10-8-13-5-3-7-16-17(9-11-20(23)24)15-6-2-1-4-14(15)12-18(13)16/h1-7,12H,8-11H2,(H,21,22)(H,23,24). The largest absolute Gasteiger partial charge is 0.481 e. The fourth-order valence-electron chi connectivity index (χ4n) is 3.21. The minimum Gasteiger partial charge on any atom is -0.481 e. The van der Waals surface area contributed by atoms with Gasteiger partial charge in [0.15, 0.2) is 0 Å². The number of benzene rings is 3. The van der Waals surface area contributed by atoms with E-state index in [2.05, 4.69) is 6.07 Å². The first-order valence-electron chi connectivity index (χ1n) is 7.92. The Bertz CT molecular complexity index is 927. The molecule has 3 rings (SSSR count). The second-order valence-corrected chi connectivity index (χ2v) is 5.88. The first-order chi connectivity index (χ1) is 11.6. The molecule has 0 aliphatic carbocycles. The van der Waals surface area contributed by atoms with Crippen LogP contribution < -0.4 is 0 Å². The molecule has 122 valence electrons. The molecule has 4 nitrogen and oxygen atoms in total. The van der Waals surface area contributed by atoms with Crippen LogP contribution in [0.3, 0.4) is 0 Å². The van der Waals surface area contributed by atoms with Gasteiger partial charge >= 0.3 is 11.9 Å². The van der Waals surface area contributed by atoms with Gasteiger partial charge in [-0.15, -0.1) is 0 Å². The SMILES string of the molecule is O=C(O)CCc1cccc2c(CCC(=O)O)c3ccccc3cc12. The van der Waals surface area contributed by atoms with Gasteiger partial charge in [0.25, 0.3) is 0 Å². The van der Waals surface area contributed by atoms with E-state index in [9.17, 15) is 9.59 Å². The van der Waals surface area contributed by atoms with Crippen molar-refractivity contribution in [1.29, 1.82) is 0 Å². The van der Waals surface area contributed by atoms with Gasteiger partial charge in [0.2, 0.25) is 0 Å². The number of aliphatic carboxylic acids is 2. The molecular weight excluding hydrogens is 304 g/mol. The quantitative estimate of drug-likeness (QED) is 0.672. The van der Waals surface area contributed by atoms with Crippen molar-refractivity contribution < 1.29 is 19.8 Å². The van der Waals surface area contributed by atoms with Gasteiger partial charge in [0.05, 0.1) is 0 Å². The van der Waals surface area contributed by atoms with Crippen LogP contribution in [-0.4, -0.2) is 22.2 Å². The molecule has 0 bridgehead atoms. The Hall–Kier alpha value is -2.88. The molecule has 0 amide bonds. The summed E-state index contributed by atoms with van der Waals surface area (Å²) in [6.45, 7) is 0. The van der Waals surface area contributed by atoms with E-state index >= 15 is 0 Å². The van der Waals surface area contributed by atoms with Crippen molar-refractivity contribution in [3.05, 3.63) is 59.7 Å². The summed E-state index contributed by atoms with van der Waals surface area (Å²) < 4.78 is 0. The van der Waals surface area contributed by atoms with Crippen molar-refractivity contribution in [2.45, 2.75) is 25.7 Å². The fraction of sp³-hybridized carbons (Fsp3) is 0.200. The molecule has 3 aromatic carbocycles. The van der Waals surface area contributed by atoms with Gasteiger partial charge in [-0.1, -0.05) is 42.5 Å². The van der Waals surface area contributed by atoms with Gasteiger partial charge in [-0.05, 0) is 51.6 Å². The molecule has 0 radical (unpaired) electrons. The number of rotatable bonds is 6. The molecule has 0 saturated carbocycles. The molecule has 0 unspecified atom stereocenters. The molecule has 0 fully saturated rings. The summed E-state index contributed by atoms with van der Waals surface area (Å²) >= 11 is 0. The fourth-order valence-corrected chi connectivity index (χ4v) is 3.21. The van der Waals surface area contributed by atoms with Crippen LogP contribution in [0.5, 0.6) is 0 Å². The summed E-state index contributed by atoms with van der Waals surface area (Å²) in [4.78, 5) is 21.9. The zero-order valence-electron chi connectivity index (χ0n) is 13.2. The molecule has 0 aliphatic rings. The second kappa shape index (κ2) is 6.71. The first-order valence-corrected chi connectivity index (χ1v) is 7.92. The molecule has 0 spiro atoms. The summed E-state index contributed by atoms with van der Waals surface area (Å²) in [7, 11) is 0. The Morgan fingerprint density at radius 2 is 1.42 bits per heavy atom. The Labute approximate surface area is 139 Å². The summed E-state index contributed by atoms with van der Waals surface area (Å²) in [6.07, 6.45) is 1.07. The maximum absolute atomic E-state index is 11.0. The number of carboxylic acids is 2. The van der Waals surface area contributed by atoms with Gasteiger partial charge in [-0.2, -0.15) is 0 Å². The van der Waals surface area contributed by atoms with Crippen LogP contribution >= 0.6 is 0 Å². The van der Waals surface area contributed by atoms with Gasteiger partial charge < -0.3 is 10.2 Å². The zero-order valence-corrected chi connectivity index (χ0v) is 13.2. The number of hydrogen-bond acceptors (Lipinski definition) is 2. The smallest absolute Gasteiger partial charge is 0.303 e. The van der Waals surface area contributed by atoms with Crippen molar-refractivity contribution >= 4 is 33.5 Å². The maximum Gasteiger partial charge on any atom is 0.303 e. The van der Waals surface area contributed by atoms with Crippen molar-refractivity contribution in [2.24, 2.45) is 0 Å². The highest BCUT2D eigenvalue weighted by Gasteiger charge is 2.12. The number of fused-ring (bicyclic) bond motifs is 2. The normalized spacial score (nSPS) is 11.0. The van der Waals surface area contributed by atoms with Gasteiger partial charge in [0, 0.05) is 12.8 Å². The maximum atomic E-state index is 11.0. The van der Waals surface area contributed by atoms with Crippen molar-refractivity contribution in [1.82, 2.24) is 0 Å². The van der Waals surface area contributed by atoms with E-state index in [4.69, 9.17) is 10.2 Å². The summed E-state index contributed by atoms with van der Waals surface area (Å²) in [5, 5.41) is 22.1. The molecule has 24 heavy (non-hydrogen) atoms. The number of aryl methyl sites for hydroxylation is 2. The van der Waals surface area contributed by atoms with Crippen LogP contribution in [0.15, 0.2) is 48.5 Å². The molecule has 2 N–H and O–H groups in total. The van der Waals surface area contributed by atoms with Gasteiger partial charge in [-0.25, -0.2) is 0 Å². The van der Waals surface area contributed by atoms with Gasteiger partial charge in [0.1, 0.15) is 0 Å². The lowest BCUT2D eigenvalue weighted by atomic mass is 9.91. The van der Waals surface area contributed by atoms with E-state index < -0.39 is 11.9 Å². The summed E-state index contributed by atoms with van der Waals surface area (Å²) in [6, 6.07) is 15.8. The van der Waals surface area contributed by atoms with Crippen molar-refractivity contribution in [3.63, 3.8) is 0 Å². The van der Waals surface area contributed by atoms with E-state index in [1.165, 1.54) is 0 Å². The monoisotopic (exact) mass is 322 g/mol. The molecule has 0 saturated heterocycles. The highest BCUT2D eigenvalue weighted by Crippen LogP contribution is 2.32. The third kappa shape index (κ3) is 3.23. The van der Waals surface area contributed by atoms with Crippen molar-refractivity contribution in [2.75, 3.05) is 0 Å². The summed E-state index contributed by atoms with van der Waals surface area (Å²) in [5.74, 6) is -1.64. The zero-order chi connectivity index (χ0) is 17.1. The Balaban J connectivity index is 2.21. The van der Waals surface area contributed by atoms with E-state index in [1.807, 2.05) is 42.5 Å². The highest BCUT2D eigenvalue weighted by molar-refractivity contribution is 6.03. The molecule has 3 aromatic rings. The van der Waals surface area contributed by atoms with Gasteiger partial charge in [-0.3, -0.25) is 9.59 Å². The summed E-state index contributed by atoms with van der Waals surface area (Å²) in [5.41, 5.74) is 2.00. The Kier molecular flexibility index (Phi) is 4.47. The molecule has 4 heteroatoms. The number of hydrogen-bond donors (Lipinski definition) is 2. The highest BCUT2D eigenvalue weighted by atomic mass is 16.4. The number of carbonyl (C=O) groups is 2. The lowest BCUT2D eigenvalue weighted by Gasteiger charge is -2.13. The average molecular weight is 322 g/mol. The molecular formula is C20H18O4. The van der Waals surface area contributed by atoms with Crippen LogP contribution in [0.1, 0.15) is 24.0 Å². The van der Waals surface area contributed by atoms with E-state index in [0.717, 1.165) is 32.7 Å². The molecule has 0 atom stereocenters. The number of carboxylic acid groups (broad SMARTS) is 2. The lowest BCUT2D eigenvalue weighted by molar-refractivity contribution is -0.138. The Morgan fingerprint density at radius 1 is 0.750 bits per heavy atom. The molecule has 0 aromatic heterocycles. The third-order valence-corrected chi connectivity index (χ3v) is 4.30. The van der Waals surface area contributed by atoms with Crippen LogP contribution in [0.25, 0.3) is 21.5 Å². The first kappa shape index (κ1) is 16.0. The van der Waals surface area contributed by atoms with Crippen LogP contribution in [0.4, 0.5) is 0 Å².